The largest absolute Gasteiger partial charge is 0.497 e. The average molecular weight is 441 g/mol. The molecule has 33 heavy (non-hydrogen) atoms. The fraction of sp³-hybridized carbons (Fsp3) is 0.192. The molecule has 0 bridgehead atoms. The zero-order chi connectivity index (χ0) is 22.9. The molecule has 4 aromatic rings. The minimum absolute atomic E-state index is 0.00773. The summed E-state index contributed by atoms with van der Waals surface area (Å²) >= 11 is 0. The fourth-order valence-electron chi connectivity index (χ4n) is 4.21. The van der Waals surface area contributed by atoms with Gasteiger partial charge in [0.05, 0.1) is 31.1 Å². The number of aryl methyl sites for hydroxylation is 1. The van der Waals surface area contributed by atoms with E-state index in [1.54, 1.807) is 30.2 Å². The summed E-state index contributed by atoms with van der Waals surface area (Å²) in [6, 6.07) is 22.2. The molecule has 1 atom stereocenters. The number of methoxy groups -OCH3 is 1. The van der Waals surface area contributed by atoms with Crippen molar-refractivity contribution < 1.29 is 14.3 Å². The van der Waals surface area contributed by atoms with Crippen molar-refractivity contribution >= 4 is 34.5 Å². The molecule has 1 aromatic heterocycles. The van der Waals surface area contributed by atoms with Crippen molar-refractivity contribution in [1.29, 1.82) is 0 Å². The van der Waals surface area contributed by atoms with E-state index in [0.29, 0.717) is 23.9 Å². The number of para-hydroxylation sites is 2. The maximum Gasteiger partial charge on any atom is 0.253 e. The number of carbonyl (C=O) groups excluding carboxylic acids is 2. The first-order chi connectivity index (χ1) is 16.0. The van der Waals surface area contributed by atoms with Crippen molar-refractivity contribution in [2.75, 3.05) is 17.3 Å². The topological polar surface area (TPSA) is 76.5 Å². The van der Waals surface area contributed by atoms with Gasteiger partial charge < -0.3 is 10.1 Å². The first-order valence-corrected chi connectivity index (χ1v) is 10.8. The molecule has 1 N–H and O–H groups in total. The third kappa shape index (κ3) is 3.93. The van der Waals surface area contributed by atoms with Crippen LogP contribution in [0.1, 0.15) is 23.6 Å². The molecule has 2 amide bonds. The van der Waals surface area contributed by atoms with E-state index in [2.05, 4.69) is 5.32 Å². The molecule has 0 unspecified atom stereocenters. The second-order valence-electron chi connectivity index (χ2n) is 8.18. The van der Waals surface area contributed by atoms with Crippen molar-refractivity contribution in [3.05, 3.63) is 83.9 Å². The summed E-state index contributed by atoms with van der Waals surface area (Å²) in [5.41, 5.74) is 4.43. The van der Waals surface area contributed by atoms with Gasteiger partial charge in [0.25, 0.3) is 5.91 Å². The first-order valence-electron chi connectivity index (χ1n) is 10.8. The summed E-state index contributed by atoms with van der Waals surface area (Å²) in [5.74, 6) is 0.838. The Hall–Kier alpha value is -4.13. The van der Waals surface area contributed by atoms with E-state index < -0.39 is 6.04 Å². The standard InChI is InChI=1S/C26H24N4O3/c1-17-10-12-18(13-11-17)16-29-25(32)23(30-22-9-4-3-8-21(22)28-26(29)30)15-24(31)27-19-6-5-7-20(14-19)33-2/h3-14,23H,15-16H2,1-2H3,(H,27,31)/t23-/m0/s1. The van der Waals surface area contributed by atoms with Crippen molar-refractivity contribution in [2.24, 2.45) is 0 Å². The minimum Gasteiger partial charge on any atom is -0.497 e. The predicted octanol–water partition coefficient (Wildman–Crippen LogP) is 4.47. The van der Waals surface area contributed by atoms with Crippen LogP contribution in [0.2, 0.25) is 0 Å². The highest BCUT2D eigenvalue weighted by atomic mass is 16.5. The number of carbonyl (C=O) groups is 2. The molecule has 1 aliphatic rings. The molecule has 5 rings (SSSR count). The zero-order valence-corrected chi connectivity index (χ0v) is 18.5. The average Bonchev–Trinajstić information content (AvgIpc) is 3.31. The van der Waals surface area contributed by atoms with Gasteiger partial charge in [-0.25, -0.2) is 4.98 Å². The van der Waals surface area contributed by atoms with Crippen LogP contribution in [-0.2, 0) is 16.1 Å². The SMILES string of the molecule is COc1cccc(NC(=O)C[C@H]2C(=O)N(Cc3ccc(C)cc3)c3nc4ccccc4n32)c1. The number of hydrogen-bond acceptors (Lipinski definition) is 4. The monoisotopic (exact) mass is 440 g/mol. The summed E-state index contributed by atoms with van der Waals surface area (Å²) in [4.78, 5) is 32.8. The van der Waals surface area contributed by atoms with Crippen LogP contribution < -0.4 is 15.0 Å². The lowest BCUT2D eigenvalue weighted by atomic mass is 10.1. The van der Waals surface area contributed by atoms with Crippen LogP contribution in [0.3, 0.4) is 0 Å². The van der Waals surface area contributed by atoms with Gasteiger partial charge in [0.2, 0.25) is 11.9 Å². The Labute approximate surface area is 191 Å². The molecule has 0 saturated carbocycles. The van der Waals surface area contributed by atoms with E-state index >= 15 is 0 Å². The Morgan fingerprint density at radius 3 is 2.64 bits per heavy atom. The normalized spacial score (nSPS) is 15.0. The van der Waals surface area contributed by atoms with Gasteiger partial charge in [0.15, 0.2) is 0 Å². The molecule has 166 valence electrons. The number of imidazole rings is 1. The lowest BCUT2D eigenvalue weighted by Gasteiger charge is -2.16. The quantitative estimate of drug-likeness (QED) is 0.480. The zero-order valence-electron chi connectivity index (χ0n) is 18.5. The summed E-state index contributed by atoms with van der Waals surface area (Å²) in [5, 5.41) is 2.88. The highest BCUT2D eigenvalue weighted by molar-refractivity contribution is 6.05. The Balaban J connectivity index is 1.45. The third-order valence-electron chi connectivity index (χ3n) is 5.87. The van der Waals surface area contributed by atoms with Crippen molar-refractivity contribution in [3.8, 4) is 5.75 Å². The molecular formula is C26H24N4O3. The van der Waals surface area contributed by atoms with Crippen LogP contribution in [0.15, 0.2) is 72.8 Å². The second kappa shape index (κ2) is 8.43. The molecule has 0 aliphatic carbocycles. The van der Waals surface area contributed by atoms with Gasteiger partial charge in [-0.1, -0.05) is 48.0 Å². The predicted molar refractivity (Wildman–Crippen MR) is 127 cm³/mol. The Morgan fingerprint density at radius 1 is 1.06 bits per heavy atom. The van der Waals surface area contributed by atoms with Gasteiger partial charge >= 0.3 is 0 Å². The van der Waals surface area contributed by atoms with E-state index in [1.165, 1.54) is 0 Å². The molecule has 7 nitrogen and oxygen atoms in total. The first kappa shape index (κ1) is 20.8. The van der Waals surface area contributed by atoms with Crippen molar-refractivity contribution in [1.82, 2.24) is 9.55 Å². The minimum atomic E-state index is -0.663. The maximum absolute atomic E-state index is 13.5. The van der Waals surface area contributed by atoms with E-state index in [9.17, 15) is 9.59 Å². The number of nitrogens with zero attached hydrogens (tertiary/aromatic N) is 3. The highest BCUT2D eigenvalue weighted by Gasteiger charge is 2.40. The van der Waals surface area contributed by atoms with E-state index in [-0.39, 0.29) is 18.2 Å². The van der Waals surface area contributed by atoms with E-state index in [0.717, 1.165) is 22.2 Å². The number of nitrogens with one attached hydrogen (secondary N) is 1. The molecule has 3 aromatic carbocycles. The van der Waals surface area contributed by atoms with Crippen molar-refractivity contribution in [3.63, 3.8) is 0 Å². The van der Waals surface area contributed by atoms with Crippen LogP contribution in [0.5, 0.6) is 5.75 Å². The fourth-order valence-corrected chi connectivity index (χ4v) is 4.21. The number of anilines is 2. The number of amides is 2. The van der Waals surface area contributed by atoms with Gasteiger partial charge in [0, 0.05) is 11.8 Å². The van der Waals surface area contributed by atoms with Gasteiger partial charge in [-0.3, -0.25) is 19.1 Å². The molecule has 0 spiro atoms. The second-order valence-corrected chi connectivity index (χ2v) is 8.18. The van der Waals surface area contributed by atoms with Crippen LogP contribution in [-0.4, -0.2) is 28.5 Å². The third-order valence-corrected chi connectivity index (χ3v) is 5.87. The Kier molecular flexibility index (Phi) is 5.30. The molecular weight excluding hydrogens is 416 g/mol. The number of fused-ring (bicyclic) bond motifs is 3. The lowest BCUT2D eigenvalue weighted by Crippen LogP contribution is -2.31. The number of hydrogen-bond donors (Lipinski definition) is 1. The lowest BCUT2D eigenvalue weighted by molar-refractivity contribution is -0.124. The summed E-state index contributed by atoms with van der Waals surface area (Å²) in [6.07, 6.45) is 0.00773. The molecule has 2 heterocycles. The van der Waals surface area contributed by atoms with Crippen LogP contribution in [0.25, 0.3) is 11.0 Å². The van der Waals surface area contributed by atoms with Crippen LogP contribution in [0.4, 0.5) is 11.6 Å². The summed E-state index contributed by atoms with van der Waals surface area (Å²) < 4.78 is 7.11. The number of rotatable bonds is 6. The Morgan fingerprint density at radius 2 is 1.85 bits per heavy atom. The highest BCUT2D eigenvalue weighted by Crippen LogP contribution is 2.37. The number of aromatic nitrogens is 2. The molecule has 0 fully saturated rings. The van der Waals surface area contributed by atoms with Gasteiger partial charge in [0.1, 0.15) is 11.8 Å². The summed E-state index contributed by atoms with van der Waals surface area (Å²) in [6.45, 7) is 2.43. The molecule has 7 heteroatoms. The number of benzene rings is 3. The van der Waals surface area contributed by atoms with Gasteiger partial charge in [-0.05, 0) is 36.8 Å². The molecule has 1 aliphatic heterocycles. The van der Waals surface area contributed by atoms with Crippen LogP contribution in [0, 0.1) is 6.92 Å². The maximum atomic E-state index is 13.5. The Bertz CT molecular complexity index is 1340. The van der Waals surface area contributed by atoms with Crippen molar-refractivity contribution in [2.45, 2.75) is 25.9 Å². The molecule has 0 radical (unpaired) electrons. The van der Waals surface area contributed by atoms with E-state index in [4.69, 9.17) is 9.72 Å². The van der Waals surface area contributed by atoms with E-state index in [1.807, 2.05) is 66.1 Å². The van der Waals surface area contributed by atoms with Crippen LogP contribution >= 0.6 is 0 Å². The number of ether oxygens (including phenoxy) is 1. The molecule has 0 saturated heterocycles. The van der Waals surface area contributed by atoms with Gasteiger partial charge in [-0.15, -0.1) is 0 Å². The van der Waals surface area contributed by atoms with Gasteiger partial charge in [-0.2, -0.15) is 0 Å². The summed E-state index contributed by atoms with van der Waals surface area (Å²) in [7, 11) is 1.58. The smallest absolute Gasteiger partial charge is 0.253 e.